The van der Waals surface area contributed by atoms with Crippen LogP contribution in [0.3, 0.4) is 0 Å². The lowest BCUT2D eigenvalue weighted by Crippen LogP contribution is -2.52. The van der Waals surface area contributed by atoms with Crippen molar-refractivity contribution in [3.05, 3.63) is 87.0 Å². The SMILES string of the molecule is CC1=CC[C@H]2C(=O)N(N(CC(=O)c3ccc(C)cc3)C(=O)c3ccc([N+](=O)[O-])cc3)C(=O)[C@H]2C1. The number of nitro groups is 1. The molecule has 0 radical (unpaired) electrons. The zero-order chi connectivity index (χ0) is 24.6. The van der Waals surface area contributed by atoms with Crippen molar-refractivity contribution in [2.45, 2.75) is 26.7 Å². The lowest BCUT2D eigenvalue weighted by molar-refractivity contribution is -0.384. The third kappa shape index (κ3) is 4.24. The van der Waals surface area contributed by atoms with Crippen LogP contribution in [-0.2, 0) is 9.59 Å². The van der Waals surface area contributed by atoms with Crippen molar-refractivity contribution < 1.29 is 24.1 Å². The van der Waals surface area contributed by atoms with E-state index in [2.05, 4.69) is 0 Å². The van der Waals surface area contributed by atoms with Gasteiger partial charge in [-0.05, 0) is 38.8 Å². The van der Waals surface area contributed by atoms with Gasteiger partial charge in [-0.15, -0.1) is 0 Å². The quantitative estimate of drug-likeness (QED) is 0.214. The van der Waals surface area contributed by atoms with Crippen molar-refractivity contribution in [1.29, 1.82) is 0 Å². The Balaban J connectivity index is 1.69. The molecule has 2 aromatic rings. The molecule has 1 aliphatic carbocycles. The van der Waals surface area contributed by atoms with E-state index in [1.807, 2.05) is 19.9 Å². The van der Waals surface area contributed by atoms with Gasteiger partial charge < -0.3 is 0 Å². The van der Waals surface area contributed by atoms with Crippen LogP contribution < -0.4 is 0 Å². The molecule has 9 nitrogen and oxygen atoms in total. The van der Waals surface area contributed by atoms with Gasteiger partial charge in [0, 0.05) is 23.3 Å². The van der Waals surface area contributed by atoms with Crippen LogP contribution in [0.4, 0.5) is 5.69 Å². The van der Waals surface area contributed by atoms with Crippen molar-refractivity contribution in [1.82, 2.24) is 10.0 Å². The molecule has 34 heavy (non-hydrogen) atoms. The van der Waals surface area contributed by atoms with Crippen LogP contribution in [0.15, 0.2) is 60.2 Å². The summed E-state index contributed by atoms with van der Waals surface area (Å²) < 4.78 is 0. The molecule has 1 saturated heterocycles. The molecule has 0 unspecified atom stereocenters. The summed E-state index contributed by atoms with van der Waals surface area (Å²) in [6, 6.07) is 11.6. The fourth-order valence-corrected chi connectivity index (χ4v) is 4.33. The number of nitrogens with zero attached hydrogens (tertiary/aromatic N) is 3. The number of carbonyl (C=O) groups excluding carboxylic acids is 4. The summed E-state index contributed by atoms with van der Waals surface area (Å²) in [4.78, 5) is 63.3. The average Bonchev–Trinajstić information content (AvgIpc) is 3.06. The Morgan fingerprint density at radius 1 is 0.971 bits per heavy atom. The molecule has 1 aliphatic heterocycles. The van der Waals surface area contributed by atoms with Crippen molar-refractivity contribution >= 4 is 29.2 Å². The topological polar surface area (TPSA) is 118 Å². The van der Waals surface area contributed by atoms with Gasteiger partial charge in [0.1, 0.15) is 6.54 Å². The third-order valence-electron chi connectivity index (χ3n) is 6.27. The van der Waals surface area contributed by atoms with E-state index in [-0.39, 0.29) is 11.3 Å². The monoisotopic (exact) mass is 461 g/mol. The number of hydrazine groups is 1. The first-order valence-corrected chi connectivity index (χ1v) is 10.9. The van der Waals surface area contributed by atoms with Gasteiger partial charge in [-0.3, -0.25) is 29.3 Å². The lowest BCUT2D eigenvalue weighted by Gasteiger charge is -2.30. The Labute approximate surface area is 195 Å². The number of non-ortho nitro benzene ring substituents is 1. The summed E-state index contributed by atoms with van der Waals surface area (Å²) in [5.41, 5.74) is 2.09. The number of fused-ring (bicyclic) bond motifs is 1. The predicted molar refractivity (Wildman–Crippen MR) is 121 cm³/mol. The standard InChI is InChI=1S/C25H23N3O6/c1-15-3-6-17(7-4-15)22(29)14-26(23(30)18-8-10-19(11-9-18)28(33)34)27-24(31)20-12-5-16(2)13-21(20)25(27)32/h3-11,20-21H,12-14H2,1-2H3/t20-,21+/m1/s1. The number of benzene rings is 2. The molecule has 3 amide bonds. The number of hydrogen-bond donors (Lipinski definition) is 0. The lowest BCUT2D eigenvalue weighted by atomic mass is 9.82. The molecule has 174 valence electrons. The van der Waals surface area contributed by atoms with Crippen molar-refractivity contribution in [2.75, 3.05) is 6.54 Å². The van der Waals surface area contributed by atoms with E-state index in [0.29, 0.717) is 18.4 Å². The van der Waals surface area contributed by atoms with Crippen LogP contribution in [-0.4, -0.2) is 45.0 Å². The predicted octanol–water partition coefficient (Wildman–Crippen LogP) is 3.48. The largest absolute Gasteiger partial charge is 0.292 e. The van der Waals surface area contributed by atoms with Crippen LogP contribution in [0, 0.1) is 28.9 Å². The number of amides is 3. The molecule has 1 fully saturated rings. The van der Waals surface area contributed by atoms with E-state index >= 15 is 0 Å². The maximum Gasteiger partial charge on any atom is 0.273 e. The summed E-state index contributed by atoms with van der Waals surface area (Å²) in [5.74, 6) is -3.42. The highest BCUT2D eigenvalue weighted by molar-refractivity contribution is 6.09. The molecule has 0 N–H and O–H groups in total. The van der Waals surface area contributed by atoms with Gasteiger partial charge in [0.15, 0.2) is 5.78 Å². The highest BCUT2D eigenvalue weighted by Crippen LogP contribution is 2.38. The number of carbonyl (C=O) groups is 4. The Morgan fingerprint density at radius 3 is 2.18 bits per heavy atom. The van der Waals surface area contributed by atoms with Gasteiger partial charge in [0.25, 0.3) is 23.4 Å². The second-order valence-corrected chi connectivity index (χ2v) is 8.65. The molecule has 0 aromatic heterocycles. The Hall–Kier alpha value is -4.14. The number of nitro benzene ring substituents is 1. The first-order chi connectivity index (χ1) is 16.2. The Kier molecular flexibility index (Phi) is 6.10. The van der Waals surface area contributed by atoms with Gasteiger partial charge in [0.05, 0.1) is 16.8 Å². The summed E-state index contributed by atoms with van der Waals surface area (Å²) in [6.45, 7) is 3.23. The van der Waals surface area contributed by atoms with Gasteiger partial charge in [-0.1, -0.05) is 41.5 Å². The zero-order valence-corrected chi connectivity index (χ0v) is 18.8. The smallest absolute Gasteiger partial charge is 0.273 e. The third-order valence-corrected chi connectivity index (χ3v) is 6.27. The van der Waals surface area contributed by atoms with E-state index < -0.39 is 46.8 Å². The highest BCUT2D eigenvalue weighted by atomic mass is 16.6. The molecule has 0 saturated carbocycles. The van der Waals surface area contributed by atoms with Crippen LogP contribution in [0.25, 0.3) is 0 Å². The summed E-state index contributed by atoms with van der Waals surface area (Å²) in [6.07, 6.45) is 2.72. The molecule has 0 bridgehead atoms. The minimum Gasteiger partial charge on any atom is -0.292 e. The van der Waals surface area contributed by atoms with Gasteiger partial charge in [-0.2, -0.15) is 5.01 Å². The molecule has 9 heteroatoms. The average molecular weight is 461 g/mol. The first kappa shape index (κ1) is 23.0. The zero-order valence-electron chi connectivity index (χ0n) is 18.8. The van der Waals surface area contributed by atoms with Crippen molar-refractivity contribution in [3.8, 4) is 0 Å². The molecular formula is C25H23N3O6. The van der Waals surface area contributed by atoms with Crippen molar-refractivity contribution in [3.63, 3.8) is 0 Å². The maximum absolute atomic E-state index is 13.4. The molecule has 2 atom stereocenters. The number of aryl methyl sites for hydroxylation is 1. The van der Waals surface area contributed by atoms with Crippen molar-refractivity contribution in [2.24, 2.45) is 11.8 Å². The highest BCUT2D eigenvalue weighted by Gasteiger charge is 2.51. The van der Waals surface area contributed by atoms with Gasteiger partial charge in [-0.25, -0.2) is 5.01 Å². The molecule has 1 heterocycles. The second-order valence-electron chi connectivity index (χ2n) is 8.65. The van der Waals surface area contributed by atoms with E-state index in [9.17, 15) is 29.3 Å². The van der Waals surface area contributed by atoms with E-state index in [1.54, 1.807) is 24.3 Å². The first-order valence-electron chi connectivity index (χ1n) is 10.9. The minimum atomic E-state index is -0.764. The molecule has 0 spiro atoms. The second kappa shape index (κ2) is 9.01. The minimum absolute atomic E-state index is 0.0204. The van der Waals surface area contributed by atoms with Gasteiger partial charge in [0.2, 0.25) is 0 Å². The molecule has 2 aliphatic rings. The number of allylic oxidation sites excluding steroid dienone is 2. The van der Waals surface area contributed by atoms with E-state index in [0.717, 1.165) is 33.3 Å². The van der Waals surface area contributed by atoms with Crippen LogP contribution in [0.1, 0.15) is 46.0 Å². The number of imide groups is 1. The molecule has 4 rings (SSSR count). The van der Waals surface area contributed by atoms with Crippen LogP contribution >= 0.6 is 0 Å². The molecule has 2 aromatic carbocycles. The van der Waals surface area contributed by atoms with E-state index in [4.69, 9.17) is 0 Å². The van der Waals surface area contributed by atoms with Crippen LogP contribution in [0.2, 0.25) is 0 Å². The fourth-order valence-electron chi connectivity index (χ4n) is 4.33. The number of hydrogen-bond acceptors (Lipinski definition) is 6. The summed E-state index contributed by atoms with van der Waals surface area (Å²) >= 11 is 0. The maximum atomic E-state index is 13.4. The molecular weight excluding hydrogens is 438 g/mol. The number of Topliss-reactive ketones (excluding diaryl/α,β-unsaturated/α-hetero) is 1. The van der Waals surface area contributed by atoms with Crippen LogP contribution in [0.5, 0.6) is 0 Å². The van der Waals surface area contributed by atoms with Gasteiger partial charge >= 0.3 is 0 Å². The number of ketones is 1. The Bertz CT molecular complexity index is 1220. The van der Waals surface area contributed by atoms with E-state index in [1.165, 1.54) is 12.1 Å². The normalized spacial score (nSPS) is 19.5. The summed E-state index contributed by atoms with van der Waals surface area (Å²) in [5, 5.41) is 12.7. The fraction of sp³-hybridized carbons (Fsp3) is 0.280. The number of rotatable bonds is 6. The Morgan fingerprint density at radius 2 is 1.56 bits per heavy atom. The summed E-state index contributed by atoms with van der Waals surface area (Å²) in [7, 11) is 0.